The average molecular weight is 305 g/mol. The Balaban J connectivity index is 2.44. The highest BCUT2D eigenvalue weighted by molar-refractivity contribution is 7.88. The Labute approximate surface area is 117 Å². The van der Waals surface area contributed by atoms with Crippen molar-refractivity contribution in [1.82, 2.24) is 15.0 Å². The van der Waals surface area contributed by atoms with Crippen LogP contribution in [0.15, 0.2) is 5.38 Å². The lowest BCUT2D eigenvalue weighted by Crippen LogP contribution is -2.44. The van der Waals surface area contributed by atoms with Crippen molar-refractivity contribution in [2.75, 3.05) is 6.26 Å². The van der Waals surface area contributed by atoms with Gasteiger partial charge in [0.1, 0.15) is 0 Å². The van der Waals surface area contributed by atoms with Crippen molar-refractivity contribution < 1.29 is 13.2 Å². The molecular formula is C11H19N3O3S2. The number of rotatable bonds is 7. The molecule has 1 aromatic heterocycles. The zero-order valence-electron chi connectivity index (χ0n) is 11.3. The molecule has 1 rings (SSSR count). The molecule has 0 saturated carbocycles. The number of nitrogens with one attached hydrogen (secondary N) is 2. The third-order valence-electron chi connectivity index (χ3n) is 2.29. The van der Waals surface area contributed by atoms with Crippen molar-refractivity contribution in [2.45, 2.75) is 39.3 Å². The molecular weight excluding hydrogens is 286 g/mol. The lowest BCUT2D eigenvalue weighted by Gasteiger charge is -2.11. The predicted molar refractivity (Wildman–Crippen MR) is 75.4 cm³/mol. The Hall–Kier alpha value is -0.990. The SMILES string of the molecule is CCCc1nc(CNC(=O)[C@@H](C)NS(C)(=O)=O)cs1. The van der Waals surface area contributed by atoms with Crippen LogP contribution in [-0.2, 0) is 27.8 Å². The van der Waals surface area contributed by atoms with E-state index < -0.39 is 16.1 Å². The number of nitrogens with zero attached hydrogens (tertiary/aromatic N) is 1. The predicted octanol–water partition coefficient (Wildman–Crippen LogP) is 0.649. The van der Waals surface area contributed by atoms with Gasteiger partial charge >= 0.3 is 0 Å². The first-order valence-electron chi connectivity index (χ1n) is 6.00. The smallest absolute Gasteiger partial charge is 0.238 e. The summed E-state index contributed by atoms with van der Waals surface area (Å²) in [5.41, 5.74) is 0.799. The van der Waals surface area contributed by atoms with Crippen molar-refractivity contribution >= 4 is 27.3 Å². The number of amides is 1. The van der Waals surface area contributed by atoms with Crippen molar-refractivity contribution in [3.05, 3.63) is 16.1 Å². The van der Waals surface area contributed by atoms with Gasteiger partial charge in [-0.3, -0.25) is 4.79 Å². The molecule has 1 atom stereocenters. The quantitative estimate of drug-likeness (QED) is 0.774. The minimum atomic E-state index is -3.38. The van der Waals surface area contributed by atoms with Gasteiger partial charge in [0, 0.05) is 5.38 Å². The van der Waals surface area contributed by atoms with Crippen molar-refractivity contribution in [3.63, 3.8) is 0 Å². The number of hydrogen-bond donors (Lipinski definition) is 2. The maximum Gasteiger partial charge on any atom is 0.238 e. The van der Waals surface area contributed by atoms with Crippen LogP contribution in [0.3, 0.4) is 0 Å². The van der Waals surface area contributed by atoms with Crippen molar-refractivity contribution in [3.8, 4) is 0 Å². The number of sulfonamides is 1. The largest absolute Gasteiger partial charge is 0.349 e. The average Bonchev–Trinajstić information content (AvgIpc) is 2.72. The van der Waals surface area contributed by atoms with Gasteiger partial charge in [-0.15, -0.1) is 11.3 Å². The van der Waals surface area contributed by atoms with Crippen LogP contribution < -0.4 is 10.0 Å². The summed E-state index contributed by atoms with van der Waals surface area (Å²) in [6.07, 6.45) is 2.99. The van der Waals surface area contributed by atoms with E-state index in [0.717, 1.165) is 29.8 Å². The van der Waals surface area contributed by atoms with Crippen LogP contribution in [0, 0.1) is 0 Å². The fourth-order valence-corrected chi connectivity index (χ4v) is 3.11. The van der Waals surface area contributed by atoms with Crippen LogP contribution in [0.2, 0.25) is 0 Å². The monoisotopic (exact) mass is 305 g/mol. The molecule has 2 N–H and O–H groups in total. The summed E-state index contributed by atoms with van der Waals surface area (Å²) in [6, 6.07) is -0.788. The Kier molecular flexibility index (Phi) is 5.89. The topological polar surface area (TPSA) is 88.2 Å². The van der Waals surface area contributed by atoms with E-state index in [1.807, 2.05) is 5.38 Å². The minimum Gasteiger partial charge on any atom is -0.349 e. The Morgan fingerprint density at radius 1 is 1.53 bits per heavy atom. The number of aromatic nitrogens is 1. The first kappa shape index (κ1) is 16.1. The second-order valence-electron chi connectivity index (χ2n) is 4.31. The summed E-state index contributed by atoms with van der Waals surface area (Å²) in [4.78, 5) is 16.0. The van der Waals surface area contributed by atoms with Crippen LogP contribution >= 0.6 is 11.3 Å². The van der Waals surface area contributed by atoms with Gasteiger partial charge in [0.2, 0.25) is 15.9 Å². The molecule has 0 saturated heterocycles. The summed E-state index contributed by atoms with van der Waals surface area (Å²) in [5.74, 6) is -0.365. The molecule has 0 spiro atoms. The Bertz CT molecular complexity index is 525. The van der Waals surface area contributed by atoms with E-state index in [-0.39, 0.29) is 5.91 Å². The second-order valence-corrected chi connectivity index (χ2v) is 7.03. The van der Waals surface area contributed by atoms with Gasteiger partial charge in [0.25, 0.3) is 0 Å². The van der Waals surface area contributed by atoms with Crippen LogP contribution in [-0.4, -0.2) is 31.6 Å². The maximum atomic E-state index is 11.7. The summed E-state index contributed by atoms with van der Waals surface area (Å²) in [7, 11) is -3.38. The first-order chi connectivity index (χ1) is 8.81. The highest BCUT2D eigenvalue weighted by Gasteiger charge is 2.16. The van der Waals surface area contributed by atoms with Gasteiger partial charge in [0.15, 0.2) is 0 Å². The molecule has 0 fully saturated rings. The van der Waals surface area contributed by atoms with Gasteiger partial charge in [-0.25, -0.2) is 18.1 Å². The number of aryl methyl sites for hydroxylation is 1. The second kappa shape index (κ2) is 6.97. The Morgan fingerprint density at radius 2 is 2.21 bits per heavy atom. The molecule has 108 valence electrons. The number of carbonyl (C=O) groups is 1. The molecule has 6 nitrogen and oxygen atoms in total. The summed E-state index contributed by atoms with van der Waals surface area (Å²) < 4.78 is 24.2. The van der Waals surface area contributed by atoms with E-state index >= 15 is 0 Å². The van der Waals surface area contributed by atoms with Gasteiger partial charge in [-0.05, 0) is 19.8 Å². The third-order valence-corrected chi connectivity index (χ3v) is 4.03. The van der Waals surface area contributed by atoms with Crippen LogP contribution in [0.4, 0.5) is 0 Å². The lowest BCUT2D eigenvalue weighted by atomic mass is 10.3. The maximum absolute atomic E-state index is 11.7. The Morgan fingerprint density at radius 3 is 2.79 bits per heavy atom. The molecule has 0 unspecified atom stereocenters. The fraction of sp³-hybridized carbons (Fsp3) is 0.636. The summed E-state index contributed by atoms with van der Waals surface area (Å²) >= 11 is 1.57. The van der Waals surface area contributed by atoms with E-state index in [9.17, 15) is 13.2 Å². The van der Waals surface area contributed by atoms with Crippen LogP contribution in [0.1, 0.15) is 31.0 Å². The third kappa shape index (κ3) is 6.13. The van der Waals surface area contributed by atoms with Crippen LogP contribution in [0.5, 0.6) is 0 Å². The van der Waals surface area contributed by atoms with Gasteiger partial charge < -0.3 is 5.32 Å². The number of carbonyl (C=O) groups excluding carboxylic acids is 1. The molecule has 1 aromatic rings. The molecule has 0 aromatic carbocycles. The highest BCUT2D eigenvalue weighted by atomic mass is 32.2. The van der Waals surface area contributed by atoms with Crippen molar-refractivity contribution in [1.29, 1.82) is 0 Å². The van der Waals surface area contributed by atoms with Crippen LogP contribution in [0.25, 0.3) is 0 Å². The first-order valence-corrected chi connectivity index (χ1v) is 8.77. The number of thiazole rings is 1. The zero-order valence-corrected chi connectivity index (χ0v) is 12.9. The molecule has 1 amide bonds. The standard InChI is InChI=1S/C11H19N3O3S2/c1-4-5-10-13-9(7-18-10)6-12-11(15)8(2)14-19(3,16)17/h7-8,14H,4-6H2,1-3H3,(H,12,15)/t8-/m1/s1. The van der Waals surface area contributed by atoms with E-state index in [1.54, 1.807) is 11.3 Å². The fourth-order valence-electron chi connectivity index (χ4n) is 1.46. The van der Waals surface area contributed by atoms with Gasteiger partial charge in [-0.2, -0.15) is 0 Å². The van der Waals surface area contributed by atoms with E-state index in [2.05, 4.69) is 21.9 Å². The molecule has 0 radical (unpaired) electrons. The van der Waals surface area contributed by atoms with Crippen molar-refractivity contribution in [2.24, 2.45) is 0 Å². The van der Waals surface area contributed by atoms with E-state index in [0.29, 0.717) is 6.54 Å². The summed E-state index contributed by atoms with van der Waals surface area (Å²) in [6.45, 7) is 3.90. The van der Waals surface area contributed by atoms with E-state index in [1.165, 1.54) is 6.92 Å². The lowest BCUT2D eigenvalue weighted by molar-refractivity contribution is -0.122. The molecule has 0 aliphatic heterocycles. The zero-order chi connectivity index (χ0) is 14.5. The normalized spacial score (nSPS) is 13.2. The van der Waals surface area contributed by atoms with E-state index in [4.69, 9.17) is 0 Å². The van der Waals surface area contributed by atoms with Gasteiger partial charge in [0.05, 0.1) is 29.5 Å². The molecule has 0 aliphatic rings. The molecule has 0 aliphatic carbocycles. The van der Waals surface area contributed by atoms with Gasteiger partial charge in [-0.1, -0.05) is 6.92 Å². The minimum absolute atomic E-state index is 0.314. The molecule has 1 heterocycles. The number of hydrogen-bond acceptors (Lipinski definition) is 5. The molecule has 8 heteroatoms. The highest BCUT2D eigenvalue weighted by Crippen LogP contribution is 2.11. The summed E-state index contributed by atoms with van der Waals surface area (Å²) in [5, 5.41) is 5.61. The molecule has 19 heavy (non-hydrogen) atoms. The molecule has 0 bridgehead atoms.